The van der Waals surface area contributed by atoms with Crippen LogP contribution in [0.1, 0.15) is 29.8 Å². The minimum Gasteiger partial charge on any atom is -0.367 e. The summed E-state index contributed by atoms with van der Waals surface area (Å²) < 4.78 is 0. The summed E-state index contributed by atoms with van der Waals surface area (Å²) in [4.78, 5) is 6.51. The van der Waals surface area contributed by atoms with Crippen LogP contribution in [0, 0.1) is 6.92 Å². The van der Waals surface area contributed by atoms with E-state index in [0.29, 0.717) is 5.88 Å². The van der Waals surface area contributed by atoms with Crippen molar-refractivity contribution in [1.29, 1.82) is 0 Å². The molecular formula is C16H18Cl2N2. The lowest BCUT2D eigenvalue weighted by Gasteiger charge is -2.29. The largest absolute Gasteiger partial charge is 0.367 e. The first-order valence-corrected chi connectivity index (χ1v) is 7.44. The van der Waals surface area contributed by atoms with Gasteiger partial charge in [0.1, 0.15) is 0 Å². The molecule has 2 nitrogen and oxygen atoms in total. The summed E-state index contributed by atoms with van der Waals surface area (Å²) in [5.41, 5.74) is 4.31. The smallest absolute Gasteiger partial charge is 0.0511 e. The van der Waals surface area contributed by atoms with E-state index < -0.39 is 0 Å². The highest BCUT2D eigenvalue weighted by molar-refractivity contribution is 6.30. The van der Waals surface area contributed by atoms with Crippen LogP contribution in [-0.2, 0) is 5.88 Å². The molecule has 0 saturated heterocycles. The lowest BCUT2D eigenvalue weighted by molar-refractivity contribution is 0.735. The Balaban J connectivity index is 2.35. The molecule has 1 atom stereocenters. The maximum atomic E-state index is 6.07. The fourth-order valence-electron chi connectivity index (χ4n) is 2.20. The molecule has 0 aliphatic heterocycles. The van der Waals surface area contributed by atoms with E-state index in [1.54, 1.807) is 0 Å². The zero-order valence-electron chi connectivity index (χ0n) is 11.9. The Labute approximate surface area is 130 Å². The summed E-state index contributed by atoms with van der Waals surface area (Å²) in [6.07, 6.45) is 1.85. The number of aryl methyl sites for hydroxylation is 1. The van der Waals surface area contributed by atoms with Crippen molar-refractivity contribution in [2.45, 2.75) is 25.8 Å². The lowest BCUT2D eigenvalue weighted by Crippen LogP contribution is -2.23. The van der Waals surface area contributed by atoms with Gasteiger partial charge in [-0.15, -0.1) is 11.6 Å². The zero-order chi connectivity index (χ0) is 14.7. The van der Waals surface area contributed by atoms with Crippen LogP contribution < -0.4 is 4.90 Å². The minimum absolute atomic E-state index is 0.206. The Morgan fingerprint density at radius 2 is 2.05 bits per heavy atom. The fourth-order valence-corrected chi connectivity index (χ4v) is 2.61. The standard InChI is InChI=1S/C16H18Cl2N2/c1-11-7-16(14(9-17)10-19-11)20(3)12(2)13-5-4-6-15(18)8-13/h4-8,10,12H,9H2,1-3H3. The predicted octanol–water partition coefficient (Wildman–Crippen LogP) is 4.98. The first-order chi connectivity index (χ1) is 9.52. The van der Waals surface area contributed by atoms with Crippen LogP contribution in [0.5, 0.6) is 0 Å². The molecule has 0 radical (unpaired) electrons. The topological polar surface area (TPSA) is 16.1 Å². The molecule has 0 fully saturated rings. The molecule has 2 aromatic rings. The molecule has 0 bridgehead atoms. The maximum Gasteiger partial charge on any atom is 0.0511 e. The van der Waals surface area contributed by atoms with E-state index in [1.165, 1.54) is 5.56 Å². The summed E-state index contributed by atoms with van der Waals surface area (Å²) in [5.74, 6) is 0.454. The third-order valence-electron chi connectivity index (χ3n) is 3.53. The lowest BCUT2D eigenvalue weighted by atomic mass is 10.1. The third kappa shape index (κ3) is 3.25. The average molecular weight is 309 g/mol. The van der Waals surface area contributed by atoms with Crippen LogP contribution in [0.4, 0.5) is 5.69 Å². The molecule has 0 saturated carbocycles. The van der Waals surface area contributed by atoms with Crippen molar-refractivity contribution in [3.05, 3.63) is 58.4 Å². The summed E-state index contributed by atoms with van der Waals surface area (Å²) in [6, 6.07) is 10.2. The van der Waals surface area contributed by atoms with Crippen LogP contribution in [-0.4, -0.2) is 12.0 Å². The number of alkyl halides is 1. The monoisotopic (exact) mass is 308 g/mol. The molecule has 1 aromatic carbocycles. The van der Waals surface area contributed by atoms with Gasteiger partial charge in [-0.05, 0) is 37.6 Å². The number of benzene rings is 1. The van der Waals surface area contributed by atoms with Gasteiger partial charge in [-0.3, -0.25) is 4.98 Å². The Kier molecular flexibility index (Phi) is 4.90. The SMILES string of the molecule is Cc1cc(N(C)C(C)c2cccc(Cl)c2)c(CCl)cn1. The second-order valence-corrected chi connectivity index (χ2v) is 5.63. The van der Waals surface area contributed by atoms with E-state index in [-0.39, 0.29) is 6.04 Å². The van der Waals surface area contributed by atoms with Crippen LogP contribution in [0.3, 0.4) is 0 Å². The Morgan fingerprint density at radius 1 is 1.30 bits per heavy atom. The zero-order valence-corrected chi connectivity index (χ0v) is 13.4. The van der Waals surface area contributed by atoms with Crippen molar-refractivity contribution < 1.29 is 0 Å². The summed E-state index contributed by atoms with van der Waals surface area (Å²) in [5, 5.41) is 0.756. The molecule has 4 heteroatoms. The van der Waals surface area contributed by atoms with Crippen LogP contribution in [0.15, 0.2) is 36.5 Å². The van der Waals surface area contributed by atoms with E-state index >= 15 is 0 Å². The number of pyridine rings is 1. The molecule has 1 aromatic heterocycles. The van der Waals surface area contributed by atoms with Crippen molar-refractivity contribution in [2.24, 2.45) is 0 Å². The van der Waals surface area contributed by atoms with E-state index in [2.05, 4.69) is 36.0 Å². The highest BCUT2D eigenvalue weighted by Gasteiger charge is 2.16. The summed E-state index contributed by atoms with van der Waals surface area (Å²) in [6.45, 7) is 4.14. The van der Waals surface area contributed by atoms with Crippen molar-refractivity contribution in [3.63, 3.8) is 0 Å². The molecule has 0 aliphatic carbocycles. The molecule has 1 heterocycles. The van der Waals surface area contributed by atoms with E-state index in [1.807, 2.05) is 31.3 Å². The van der Waals surface area contributed by atoms with E-state index in [9.17, 15) is 0 Å². The molecule has 0 amide bonds. The Morgan fingerprint density at radius 3 is 2.70 bits per heavy atom. The number of hydrogen-bond donors (Lipinski definition) is 0. The number of aromatic nitrogens is 1. The molecule has 20 heavy (non-hydrogen) atoms. The number of nitrogens with zero attached hydrogens (tertiary/aromatic N) is 2. The number of halogens is 2. The molecule has 0 N–H and O–H groups in total. The molecule has 0 spiro atoms. The van der Waals surface area contributed by atoms with Crippen molar-refractivity contribution in [1.82, 2.24) is 4.98 Å². The second kappa shape index (κ2) is 6.47. The molecular weight excluding hydrogens is 291 g/mol. The van der Waals surface area contributed by atoms with Crippen molar-refractivity contribution >= 4 is 28.9 Å². The van der Waals surface area contributed by atoms with Gasteiger partial charge in [0.2, 0.25) is 0 Å². The quantitative estimate of drug-likeness (QED) is 0.741. The van der Waals surface area contributed by atoms with Crippen LogP contribution in [0.2, 0.25) is 5.02 Å². The first kappa shape index (κ1) is 15.1. The van der Waals surface area contributed by atoms with Crippen molar-refractivity contribution in [3.8, 4) is 0 Å². The Hall–Kier alpha value is -1.25. The highest BCUT2D eigenvalue weighted by atomic mass is 35.5. The highest BCUT2D eigenvalue weighted by Crippen LogP contribution is 2.30. The van der Waals surface area contributed by atoms with Gasteiger partial charge in [0.15, 0.2) is 0 Å². The normalized spacial score (nSPS) is 12.2. The summed E-state index contributed by atoms with van der Waals surface area (Å²) in [7, 11) is 2.07. The molecule has 106 valence electrons. The van der Waals surface area contributed by atoms with Gasteiger partial charge in [0, 0.05) is 35.2 Å². The van der Waals surface area contributed by atoms with Gasteiger partial charge in [0.05, 0.1) is 11.9 Å². The molecule has 1 unspecified atom stereocenters. The third-order valence-corrected chi connectivity index (χ3v) is 4.06. The van der Waals surface area contributed by atoms with E-state index in [4.69, 9.17) is 23.2 Å². The molecule has 0 aliphatic rings. The fraction of sp³-hybridized carbons (Fsp3) is 0.312. The van der Waals surface area contributed by atoms with Gasteiger partial charge < -0.3 is 4.90 Å². The van der Waals surface area contributed by atoms with Crippen molar-refractivity contribution in [2.75, 3.05) is 11.9 Å². The predicted molar refractivity (Wildman–Crippen MR) is 86.8 cm³/mol. The van der Waals surface area contributed by atoms with Crippen LogP contribution >= 0.6 is 23.2 Å². The minimum atomic E-state index is 0.206. The summed E-state index contributed by atoms with van der Waals surface area (Å²) >= 11 is 12.1. The maximum absolute atomic E-state index is 6.07. The number of hydrogen-bond acceptors (Lipinski definition) is 2. The number of rotatable bonds is 4. The van der Waals surface area contributed by atoms with E-state index in [0.717, 1.165) is 22.0 Å². The van der Waals surface area contributed by atoms with Gasteiger partial charge in [-0.2, -0.15) is 0 Å². The van der Waals surface area contributed by atoms with Gasteiger partial charge >= 0.3 is 0 Å². The van der Waals surface area contributed by atoms with Gasteiger partial charge in [-0.25, -0.2) is 0 Å². The van der Waals surface area contributed by atoms with Gasteiger partial charge in [-0.1, -0.05) is 23.7 Å². The van der Waals surface area contributed by atoms with Gasteiger partial charge in [0.25, 0.3) is 0 Å². The second-order valence-electron chi connectivity index (χ2n) is 4.93. The first-order valence-electron chi connectivity index (χ1n) is 6.52. The molecule has 2 rings (SSSR count). The number of anilines is 1. The van der Waals surface area contributed by atoms with Crippen LogP contribution in [0.25, 0.3) is 0 Å². The Bertz CT molecular complexity index is 599. The average Bonchev–Trinajstić information content (AvgIpc) is 2.45.